The molecule has 1 aliphatic rings. The summed E-state index contributed by atoms with van der Waals surface area (Å²) < 4.78 is 56.4. The molecule has 2 aromatic heterocycles. The molecule has 0 spiro atoms. The Bertz CT molecular complexity index is 1620. The number of nitrogens with zero attached hydrogens (tertiary/aromatic N) is 4. The van der Waals surface area contributed by atoms with Gasteiger partial charge in [-0.25, -0.2) is 14.4 Å². The maximum Gasteiger partial charge on any atom is 0.418 e. The highest BCUT2D eigenvalue weighted by Crippen LogP contribution is 2.38. The highest BCUT2D eigenvalue weighted by atomic mass is 19.4. The van der Waals surface area contributed by atoms with Crippen molar-refractivity contribution >= 4 is 35.5 Å². The van der Waals surface area contributed by atoms with Crippen LogP contribution in [0.1, 0.15) is 27.0 Å². The normalized spacial score (nSPS) is 14.1. The number of fused-ring (bicyclic) bond motifs is 1. The number of nitrogens with one attached hydrogen (secondary N) is 2. The van der Waals surface area contributed by atoms with E-state index in [9.17, 15) is 27.4 Å². The lowest BCUT2D eigenvalue weighted by Crippen LogP contribution is -2.51. The molecule has 0 saturated carbocycles. The van der Waals surface area contributed by atoms with Gasteiger partial charge in [-0.2, -0.15) is 13.2 Å². The average Bonchev–Trinajstić information content (AvgIpc) is 3.40. The number of aromatic nitrogens is 3. The summed E-state index contributed by atoms with van der Waals surface area (Å²) in [5.74, 6) is 4.10. The van der Waals surface area contributed by atoms with E-state index >= 15 is 0 Å². The summed E-state index contributed by atoms with van der Waals surface area (Å²) >= 11 is 0. The van der Waals surface area contributed by atoms with Gasteiger partial charge < -0.3 is 25.0 Å². The molecule has 1 fully saturated rings. The van der Waals surface area contributed by atoms with Crippen LogP contribution in [-0.4, -0.2) is 63.9 Å². The van der Waals surface area contributed by atoms with E-state index < -0.39 is 30.5 Å². The van der Waals surface area contributed by atoms with Crippen LogP contribution >= 0.6 is 0 Å². The molecule has 3 N–H and O–H groups in total. The fourth-order valence-corrected chi connectivity index (χ4v) is 4.46. The maximum atomic E-state index is 14.4. The summed E-state index contributed by atoms with van der Waals surface area (Å²) in [6.45, 7) is 3.06. The number of rotatable bonds is 4. The zero-order valence-corrected chi connectivity index (χ0v) is 21.3. The minimum Gasteiger partial charge on any atom is -0.437 e. The Balaban J connectivity index is 1.35. The van der Waals surface area contributed by atoms with Crippen molar-refractivity contribution in [2.75, 3.05) is 36.4 Å². The first-order chi connectivity index (χ1) is 19.1. The largest absolute Gasteiger partial charge is 0.437 e. The predicted molar refractivity (Wildman–Crippen MR) is 143 cm³/mol. The molecule has 1 aliphatic heterocycles. The number of piperazine rings is 1. The molecule has 3 heterocycles. The summed E-state index contributed by atoms with van der Waals surface area (Å²) in [6, 6.07) is 8.85. The summed E-state index contributed by atoms with van der Waals surface area (Å²) in [5, 5.41) is 12.2. The number of amides is 1. The van der Waals surface area contributed by atoms with Gasteiger partial charge in [0.05, 0.1) is 23.0 Å². The van der Waals surface area contributed by atoms with Gasteiger partial charge in [0, 0.05) is 54.9 Å². The Kier molecular flexibility index (Phi) is 7.47. The van der Waals surface area contributed by atoms with Crippen LogP contribution in [0.2, 0.25) is 6.82 Å². The lowest BCUT2D eigenvalue weighted by Gasteiger charge is -2.37. The monoisotopic (exact) mass is 550 g/mol. The number of pyridine rings is 1. The molecule has 0 atom stereocenters. The third kappa shape index (κ3) is 5.93. The Morgan fingerprint density at radius 1 is 1.07 bits per heavy atom. The number of alkyl halides is 3. The molecule has 0 aliphatic carbocycles. The first kappa shape index (κ1) is 27.2. The van der Waals surface area contributed by atoms with E-state index in [0.717, 1.165) is 12.1 Å². The fraction of sp³-hybridized carbons (Fsp3) is 0.222. The molecule has 1 amide bonds. The van der Waals surface area contributed by atoms with Crippen LogP contribution in [-0.2, 0) is 6.18 Å². The molecule has 204 valence electrons. The molecule has 8 nitrogen and oxygen atoms in total. The van der Waals surface area contributed by atoms with Crippen LogP contribution in [0.5, 0.6) is 0 Å². The van der Waals surface area contributed by atoms with Crippen molar-refractivity contribution in [3.05, 3.63) is 83.1 Å². The van der Waals surface area contributed by atoms with Crippen molar-refractivity contribution in [3.8, 4) is 11.8 Å². The number of hydrogen-bond acceptors (Lipinski definition) is 6. The van der Waals surface area contributed by atoms with Gasteiger partial charge in [0.1, 0.15) is 5.82 Å². The third-order valence-corrected chi connectivity index (χ3v) is 6.59. The highest BCUT2D eigenvalue weighted by Gasteiger charge is 2.36. The lowest BCUT2D eigenvalue weighted by molar-refractivity contribution is -0.137. The number of carbonyl (C=O) groups excluding carboxylic acids is 1. The van der Waals surface area contributed by atoms with E-state index in [-0.39, 0.29) is 22.5 Å². The lowest BCUT2D eigenvalue weighted by atomic mass is 9.84. The number of hydrogen-bond donors (Lipinski definition) is 3. The number of halogens is 4. The predicted octanol–water partition coefficient (Wildman–Crippen LogP) is 4.00. The quantitative estimate of drug-likeness (QED) is 0.202. The molecule has 5 rings (SSSR count). The topological polar surface area (TPSA) is 97.4 Å². The van der Waals surface area contributed by atoms with Crippen molar-refractivity contribution < 1.29 is 27.4 Å². The van der Waals surface area contributed by atoms with Gasteiger partial charge in [0.2, 0.25) is 0 Å². The molecular formula is C27H23BF4N6O2. The first-order valence-electron chi connectivity index (χ1n) is 12.4. The Labute approximate surface area is 227 Å². The van der Waals surface area contributed by atoms with Crippen molar-refractivity contribution in [1.29, 1.82) is 0 Å². The zero-order chi connectivity index (χ0) is 28.4. The van der Waals surface area contributed by atoms with Crippen molar-refractivity contribution in [3.63, 3.8) is 0 Å². The standard InChI is InChI=1S/C27H23BF4N6O2/c1-28(40)38-10-8-37(9-11-38)24-7-5-20(14-21(24)27(30,31)32)36-26(39)19-4-6-22(29)18(13-19)3-2-17-12-23-25(33-15-17)35-16-34-23/h4-7,12-16,40H,8-11H2,1H3,(H,36,39)(H,33,34,35). The van der Waals surface area contributed by atoms with Gasteiger partial charge in [-0.3, -0.25) is 4.79 Å². The van der Waals surface area contributed by atoms with Gasteiger partial charge in [0.25, 0.3) is 5.91 Å². The molecule has 0 radical (unpaired) electrons. The van der Waals surface area contributed by atoms with E-state index in [1.54, 1.807) is 22.6 Å². The zero-order valence-electron chi connectivity index (χ0n) is 21.3. The molecule has 40 heavy (non-hydrogen) atoms. The van der Waals surface area contributed by atoms with Gasteiger partial charge in [-0.15, -0.1) is 0 Å². The molecule has 1 saturated heterocycles. The van der Waals surface area contributed by atoms with E-state index in [1.807, 2.05) is 0 Å². The van der Waals surface area contributed by atoms with Gasteiger partial charge in [-0.1, -0.05) is 11.8 Å². The molecule has 0 unspecified atom stereocenters. The second-order valence-corrected chi connectivity index (χ2v) is 9.28. The Hall–Kier alpha value is -4.41. The van der Waals surface area contributed by atoms with Crippen LogP contribution in [0.3, 0.4) is 0 Å². The number of imidazole rings is 1. The van der Waals surface area contributed by atoms with E-state index in [0.29, 0.717) is 42.9 Å². The number of anilines is 2. The third-order valence-electron chi connectivity index (χ3n) is 6.59. The van der Waals surface area contributed by atoms with Crippen LogP contribution in [0.15, 0.2) is 55.0 Å². The minimum atomic E-state index is -4.66. The maximum absolute atomic E-state index is 14.4. The van der Waals surface area contributed by atoms with Crippen LogP contribution in [0.25, 0.3) is 11.2 Å². The Morgan fingerprint density at radius 3 is 2.58 bits per heavy atom. The smallest absolute Gasteiger partial charge is 0.418 e. The van der Waals surface area contributed by atoms with E-state index in [2.05, 4.69) is 32.1 Å². The molecule has 0 bridgehead atoms. The molecule has 13 heteroatoms. The summed E-state index contributed by atoms with van der Waals surface area (Å²) in [4.78, 5) is 27.3. The molecular weight excluding hydrogens is 527 g/mol. The fourth-order valence-electron chi connectivity index (χ4n) is 4.46. The average molecular weight is 550 g/mol. The summed E-state index contributed by atoms with van der Waals surface area (Å²) in [7, 11) is -0.678. The summed E-state index contributed by atoms with van der Waals surface area (Å²) in [5.41, 5.74) is 0.697. The van der Waals surface area contributed by atoms with E-state index in [1.165, 1.54) is 36.8 Å². The van der Waals surface area contributed by atoms with Crippen molar-refractivity contribution in [1.82, 2.24) is 19.8 Å². The van der Waals surface area contributed by atoms with Crippen molar-refractivity contribution in [2.24, 2.45) is 0 Å². The number of aromatic amines is 1. The number of benzene rings is 2. The van der Waals surface area contributed by atoms with Gasteiger partial charge in [-0.05, 0) is 49.3 Å². The second kappa shape index (κ2) is 11.0. The number of H-pyrrole nitrogens is 1. The number of carbonyl (C=O) groups is 1. The van der Waals surface area contributed by atoms with Crippen molar-refractivity contribution in [2.45, 2.75) is 13.0 Å². The van der Waals surface area contributed by atoms with Crippen LogP contribution in [0.4, 0.5) is 28.9 Å². The molecule has 2 aromatic carbocycles. The van der Waals surface area contributed by atoms with E-state index in [4.69, 9.17) is 0 Å². The SMILES string of the molecule is CB(O)N1CCN(c2ccc(NC(=O)c3ccc(F)c(C#Cc4cnc5nc[nH]c5c4)c3)cc2C(F)(F)F)CC1. The second-order valence-electron chi connectivity index (χ2n) is 9.28. The minimum absolute atomic E-state index is 0.00195. The van der Waals surface area contributed by atoms with Gasteiger partial charge >= 0.3 is 13.2 Å². The first-order valence-corrected chi connectivity index (χ1v) is 12.4. The highest BCUT2D eigenvalue weighted by molar-refractivity contribution is 6.45. The van der Waals surface area contributed by atoms with Crippen LogP contribution in [0, 0.1) is 17.7 Å². The van der Waals surface area contributed by atoms with Crippen LogP contribution < -0.4 is 10.2 Å². The Morgan fingerprint density at radius 2 is 1.85 bits per heavy atom. The molecule has 4 aromatic rings. The summed E-state index contributed by atoms with van der Waals surface area (Å²) in [6.07, 6.45) is -1.69. The van der Waals surface area contributed by atoms with Gasteiger partial charge in [0.15, 0.2) is 5.65 Å².